The van der Waals surface area contributed by atoms with Crippen LogP contribution in [0.5, 0.6) is 11.5 Å². The molecule has 1 heteroatoms. The van der Waals surface area contributed by atoms with Crippen LogP contribution >= 0.6 is 0 Å². The van der Waals surface area contributed by atoms with Crippen LogP contribution in [-0.4, -0.2) is 0 Å². The third-order valence-corrected chi connectivity index (χ3v) is 7.78. The molecule has 0 aliphatic carbocycles. The van der Waals surface area contributed by atoms with E-state index in [1.54, 1.807) is 0 Å². The quantitative estimate of drug-likeness (QED) is 0.141. The largest absolute Gasteiger partial charge is 0.457 e. The van der Waals surface area contributed by atoms with Crippen LogP contribution in [0.15, 0.2) is 72.8 Å². The Kier molecular flexibility index (Phi) is 10.9. The van der Waals surface area contributed by atoms with E-state index in [0.29, 0.717) is 0 Å². The van der Waals surface area contributed by atoms with E-state index in [0.717, 1.165) is 24.3 Å². The predicted molar refractivity (Wildman–Crippen MR) is 162 cm³/mol. The molecule has 4 aromatic rings. The smallest absolute Gasteiger partial charge is 0.131 e. The van der Waals surface area contributed by atoms with Crippen molar-refractivity contribution in [2.24, 2.45) is 0 Å². The van der Waals surface area contributed by atoms with Gasteiger partial charge >= 0.3 is 0 Å². The van der Waals surface area contributed by atoms with Gasteiger partial charge in [-0.2, -0.15) is 0 Å². The molecule has 0 atom stereocenters. The van der Waals surface area contributed by atoms with Gasteiger partial charge in [0.1, 0.15) is 11.5 Å². The van der Waals surface area contributed by atoms with Gasteiger partial charge in [-0.1, -0.05) is 139 Å². The summed E-state index contributed by atoms with van der Waals surface area (Å²) >= 11 is 0. The normalized spacial score (nSPS) is 11.4. The van der Waals surface area contributed by atoms with Gasteiger partial charge in [-0.05, 0) is 59.4 Å². The fourth-order valence-electron chi connectivity index (χ4n) is 5.62. The molecule has 37 heavy (non-hydrogen) atoms. The first kappa shape index (κ1) is 27.2. The highest BCUT2D eigenvalue weighted by molar-refractivity contribution is 5.89. The summed E-state index contributed by atoms with van der Waals surface area (Å²) in [6, 6.07) is 26.5. The Morgan fingerprint density at radius 3 is 1.30 bits per heavy atom. The topological polar surface area (TPSA) is 9.23 Å². The molecule has 0 saturated carbocycles. The van der Waals surface area contributed by atoms with Crippen LogP contribution in [0.1, 0.15) is 102 Å². The van der Waals surface area contributed by atoms with Gasteiger partial charge in [-0.15, -0.1) is 0 Å². The third-order valence-electron chi connectivity index (χ3n) is 7.78. The van der Waals surface area contributed by atoms with Gasteiger partial charge in [0.05, 0.1) is 0 Å². The minimum absolute atomic E-state index is 1.03. The van der Waals surface area contributed by atoms with Gasteiger partial charge in [0, 0.05) is 11.1 Å². The molecular formula is C36H46O. The van der Waals surface area contributed by atoms with Crippen molar-refractivity contribution in [1.29, 1.82) is 0 Å². The second-order valence-electron chi connectivity index (χ2n) is 10.7. The van der Waals surface area contributed by atoms with Crippen LogP contribution in [0.25, 0.3) is 21.5 Å². The van der Waals surface area contributed by atoms with E-state index in [1.807, 2.05) is 0 Å². The molecule has 0 saturated heterocycles. The molecule has 0 aliphatic rings. The van der Waals surface area contributed by atoms with E-state index in [1.165, 1.54) is 110 Å². The molecule has 0 aliphatic heterocycles. The number of ether oxygens (including phenoxy) is 1. The van der Waals surface area contributed by atoms with Crippen LogP contribution in [0, 0.1) is 0 Å². The molecule has 0 heterocycles. The summed E-state index contributed by atoms with van der Waals surface area (Å²) in [5, 5.41) is 5.29. The minimum atomic E-state index is 1.03. The molecule has 0 spiro atoms. The Morgan fingerprint density at radius 1 is 0.432 bits per heavy atom. The zero-order valence-corrected chi connectivity index (χ0v) is 23.2. The molecular weight excluding hydrogens is 448 g/mol. The summed E-state index contributed by atoms with van der Waals surface area (Å²) < 4.78 is 6.85. The lowest BCUT2D eigenvalue weighted by Gasteiger charge is -2.18. The first-order chi connectivity index (χ1) is 18.3. The van der Waals surface area contributed by atoms with Gasteiger partial charge in [-0.25, -0.2) is 0 Å². The van der Waals surface area contributed by atoms with Gasteiger partial charge in [0.15, 0.2) is 0 Å². The number of fused-ring (bicyclic) bond motifs is 2. The summed E-state index contributed by atoms with van der Waals surface area (Å²) in [4.78, 5) is 0. The third kappa shape index (κ3) is 7.60. The van der Waals surface area contributed by atoms with Crippen molar-refractivity contribution in [2.75, 3.05) is 0 Å². The molecule has 0 radical (unpaired) electrons. The van der Waals surface area contributed by atoms with Gasteiger partial charge in [-0.3, -0.25) is 0 Å². The van der Waals surface area contributed by atoms with Crippen LogP contribution in [0.2, 0.25) is 0 Å². The molecule has 0 amide bonds. The number of benzene rings is 4. The Morgan fingerprint density at radius 2 is 0.838 bits per heavy atom. The summed E-state index contributed by atoms with van der Waals surface area (Å²) in [6.45, 7) is 4.57. The highest BCUT2D eigenvalue weighted by atomic mass is 16.5. The highest BCUT2D eigenvalue weighted by Gasteiger charge is 2.14. The van der Waals surface area contributed by atoms with Crippen molar-refractivity contribution < 1.29 is 4.74 Å². The lowest BCUT2D eigenvalue weighted by molar-refractivity contribution is 0.468. The van der Waals surface area contributed by atoms with Gasteiger partial charge in [0.2, 0.25) is 0 Å². The molecule has 0 N–H and O–H groups in total. The molecule has 4 aromatic carbocycles. The Labute approximate surface area is 225 Å². The number of aryl methyl sites for hydroxylation is 2. The number of rotatable bonds is 16. The van der Waals surface area contributed by atoms with Crippen molar-refractivity contribution in [1.82, 2.24) is 0 Å². The van der Waals surface area contributed by atoms with Crippen molar-refractivity contribution >= 4 is 21.5 Å². The molecule has 0 aromatic heterocycles. The molecule has 0 fully saturated rings. The Hall–Kier alpha value is -2.80. The number of unbranched alkanes of at least 4 members (excludes halogenated alkanes) is 10. The van der Waals surface area contributed by atoms with Crippen molar-refractivity contribution in [2.45, 2.75) is 104 Å². The lowest BCUT2D eigenvalue weighted by atomic mass is 9.97. The fraction of sp³-hybridized carbons (Fsp3) is 0.444. The maximum absolute atomic E-state index is 6.85. The van der Waals surface area contributed by atoms with Crippen molar-refractivity contribution in [3.8, 4) is 11.5 Å². The first-order valence-corrected chi connectivity index (χ1v) is 15.0. The maximum atomic E-state index is 6.85. The van der Waals surface area contributed by atoms with Crippen molar-refractivity contribution in [3.05, 3.63) is 83.9 Å². The van der Waals surface area contributed by atoms with E-state index in [2.05, 4.69) is 86.6 Å². The second-order valence-corrected chi connectivity index (χ2v) is 10.7. The van der Waals surface area contributed by atoms with Crippen LogP contribution in [0.3, 0.4) is 0 Å². The van der Waals surface area contributed by atoms with Gasteiger partial charge < -0.3 is 4.74 Å². The van der Waals surface area contributed by atoms with E-state index in [9.17, 15) is 0 Å². The summed E-state index contributed by atoms with van der Waals surface area (Å²) in [7, 11) is 0. The monoisotopic (exact) mass is 494 g/mol. The summed E-state index contributed by atoms with van der Waals surface area (Å²) in [5.74, 6) is 2.07. The van der Waals surface area contributed by atoms with Crippen LogP contribution in [-0.2, 0) is 12.8 Å². The summed E-state index contributed by atoms with van der Waals surface area (Å²) in [6.07, 6.45) is 17.9. The van der Waals surface area contributed by atoms with E-state index in [4.69, 9.17) is 4.74 Å². The van der Waals surface area contributed by atoms with Gasteiger partial charge in [0.25, 0.3) is 0 Å². The first-order valence-electron chi connectivity index (χ1n) is 15.0. The van der Waals surface area contributed by atoms with Crippen LogP contribution in [0.4, 0.5) is 0 Å². The standard InChI is InChI=1S/C36H46O/c1-3-5-7-9-11-13-23-33-31-21-17-15-19-29(31)25-27-35(33)37-36-28-26-30-20-16-18-22-32(30)34(36)24-14-12-10-8-6-4-2/h15-22,25-28H,3-14,23-24H2,1-2H3. The molecule has 196 valence electrons. The fourth-order valence-corrected chi connectivity index (χ4v) is 5.62. The second kappa shape index (κ2) is 14.8. The molecule has 4 rings (SSSR count). The minimum Gasteiger partial charge on any atom is -0.457 e. The Bertz CT molecular complexity index is 1140. The molecule has 0 unspecified atom stereocenters. The average Bonchev–Trinajstić information content (AvgIpc) is 2.94. The van der Waals surface area contributed by atoms with Crippen LogP contribution < -0.4 is 4.74 Å². The maximum Gasteiger partial charge on any atom is 0.131 e. The zero-order chi connectivity index (χ0) is 25.7. The predicted octanol–water partition coefficient (Wildman–Crippen LogP) is 11.6. The highest BCUT2D eigenvalue weighted by Crippen LogP contribution is 2.37. The van der Waals surface area contributed by atoms with E-state index < -0.39 is 0 Å². The number of hydrogen-bond donors (Lipinski definition) is 0. The average molecular weight is 495 g/mol. The SMILES string of the molecule is CCCCCCCCc1c(Oc2ccc3ccccc3c2CCCCCCCC)ccc2ccccc12. The lowest BCUT2D eigenvalue weighted by Crippen LogP contribution is -1.98. The number of hydrogen-bond acceptors (Lipinski definition) is 1. The van der Waals surface area contributed by atoms with Crippen molar-refractivity contribution in [3.63, 3.8) is 0 Å². The van der Waals surface area contributed by atoms with E-state index >= 15 is 0 Å². The summed E-state index contributed by atoms with van der Waals surface area (Å²) in [5.41, 5.74) is 2.74. The zero-order valence-electron chi connectivity index (χ0n) is 23.2. The molecule has 1 nitrogen and oxygen atoms in total. The molecule has 0 bridgehead atoms. The Balaban J connectivity index is 1.58. The van der Waals surface area contributed by atoms with E-state index in [-0.39, 0.29) is 0 Å².